The van der Waals surface area contributed by atoms with Crippen LogP contribution < -0.4 is 10.5 Å². The Bertz CT molecular complexity index is 1130. The number of ether oxygens (including phenoxy) is 1. The molecular weight excluding hydrogens is 346 g/mol. The third-order valence-corrected chi connectivity index (χ3v) is 4.11. The molecule has 2 heterocycles. The van der Waals surface area contributed by atoms with Crippen LogP contribution in [0.1, 0.15) is 10.5 Å². The van der Waals surface area contributed by atoms with E-state index >= 15 is 0 Å². The van der Waals surface area contributed by atoms with Crippen LogP contribution in [0.15, 0.2) is 54.9 Å². The Hall–Kier alpha value is -3.94. The van der Waals surface area contributed by atoms with Crippen molar-refractivity contribution in [2.75, 3.05) is 7.11 Å². The molecule has 2 aromatic heterocycles. The maximum Gasteiger partial charge on any atom is 0.269 e. The summed E-state index contributed by atoms with van der Waals surface area (Å²) in [5.74, 6) is 0.465. The van der Waals surface area contributed by atoms with Crippen molar-refractivity contribution in [1.82, 2.24) is 19.5 Å². The Morgan fingerprint density at radius 2 is 1.78 bits per heavy atom. The normalized spacial score (nSPS) is 10.9. The van der Waals surface area contributed by atoms with Gasteiger partial charge in [-0.2, -0.15) is 0 Å². The molecule has 0 bridgehead atoms. The van der Waals surface area contributed by atoms with E-state index in [0.717, 1.165) is 11.4 Å². The van der Waals surface area contributed by atoms with Gasteiger partial charge in [-0.05, 0) is 48.5 Å². The number of carbonyl (C=O) groups is 1. The van der Waals surface area contributed by atoms with Crippen LogP contribution in [0, 0.1) is 0 Å². The van der Waals surface area contributed by atoms with Gasteiger partial charge in [0.05, 0.1) is 7.11 Å². The van der Waals surface area contributed by atoms with Crippen molar-refractivity contribution in [3.63, 3.8) is 0 Å². The van der Waals surface area contributed by atoms with Gasteiger partial charge in [-0.1, -0.05) is 0 Å². The molecular formula is C19H15N5O3. The van der Waals surface area contributed by atoms with E-state index in [0.29, 0.717) is 22.6 Å². The van der Waals surface area contributed by atoms with Crippen molar-refractivity contribution in [3.05, 3.63) is 60.6 Å². The van der Waals surface area contributed by atoms with Gasteiger partial charge in [0.15, 0.2) is 17.2 Å². The van der Waals surface area contributed by atoms with Gasteiger partial charge in [-0.15, -0.1) is 0 Å². The fourth-order valence-electron chi connectivity index (χ4n) is 2.74. The first-order valence-corrected chi connectivity index (χ1v) is 8.05. The summed E-state index contributed by atoms with van der Waals surface area (Å²) in [5.41, 5.74) is 7.74. The van der Waals surface area contributed by atoms with Gasteiger partial charge in [-0.25, -0.2) is 15.0 Å². The van der Waals surface area contributed by atoms with Gasteiger partial charge in [0, 0.05) is 11.3 Å². The molecule has 2 aromatic carbocycles. The molecule has 0 radical (unpaired) electrons. The summed E-state index contributed by atoms with van der Waals surface area (Å²) in [6.07, 6.45) is 1.56. The maximum atomic E-state index is 11.9. The molecule has 4 rings (SSSR count). The van der Waals surface area contributed by atoms with Crippen LogP contribution in [0.4, 0.5) is 0 Å². The van der Waals surface area contributed by atoms with Gasteiger partial charge in [0.1, 0.15) is 23.3 Å². The number of imidazole rings is 1. The van der Waals surface area contributed by atoms with E-state index in [2.05, 4.69) is 15.0 Å². The molecule has 0 saturated heterocycles. The lowest BCUT2D eigenvalue weighted by Gasteiger charge is -2.08. The number of primary amides is 1. The largest absolute Gasteiger partial charge is 0.508 e. The summed E-state index contributed by atoms with van der Waals surface area (Å²) < 4.78 is 6.92. The molecule has 0 aliphatic carbocycles. The number of aromatic hydroxyl groups is 1. The summed E-state index contributed by atoms with van der Waals surface area (Å²) in [6, 6.07) is 13.7. The highest BCUT2D eigenvalue weighted by atomic mass is 16.5. The monoisotopic (exact) mass is 361 g/mol. The number of phenols is 1. The third kappa shape index (κ3) is 2.93. The number of hydrogen-bond acceptors (Lipinski definition) is 6. The van der Waals surface area contributed by atoms with Gasteiger partial charge < -0.3 is 15.6 Å². The molecule has 27 heavy (non-hydrogen) atoms. The number of hydrogen-bond donors (Lipinski definition) is 2. The van der Waals surface area contributed by atoms with E-state index in [1.54, 1.807) is 30.1 Å². The Morgan fingerprint density at radius 1 is 1.07 bits per heavy atom. The van der Waals surface area contributed by atoms with E-state index in [-0.39, 0.29) is 11.4 Å². The van der Waals surface area contributed by atoms with E-state index in [4.69, 9.17) is 10.5 Å². The second kappa shape index (κ2) is 6.41. The lowest BCUT2D eigenvalue weighted by Crippen LogP contribution is -2.15. The van der Waals surface area contributed by atoms with E-state index in [1.165, 1.54) is 12.1 Å². The van der Waals surface area contributed by atoms with Crippen LogP contribution >= 0.6 is 0 Å². The average Bonchev–Trinajstić information content (AvgIpc) is 3.11. The molecule has 134 valence electrons. The summed E-state index contributed by atoms with van der Waals surface area (Å²) in [7, 11) is 1.60. The number of rotatable bonds is 4. The molecule has 8 heteroatoms. The summed E-state index contributed by atoms with van der Waals surface area (Å²) >= 11 is 0. The zero-order valence-corrected chi connectivity index (χ0v) is 14.3. The first kappa shape index (κ1) is 16.5. The predicted molar refractivity (Wildman–Crippen MR) is 98.8 cm³/mol. The molecule has 0 spiro atoms. The molecule has 0 unspecified atom stereocenters. The molecule has 0 aliphatic heterocycles. The minimum atomic E-state index is -0.692. The molecule has 8 nitrogen and oxygen atoms in total. The maximum absolute atomic E-state index is 11.9. The highest BCUT2D eigenvalue weighted by molar-refractivity contribution is 6.02. The second-order valence-corrected chi connectivity index (χ2v) is 5.79. The number of fused-ring (bicyclic) bond motifs is 1. The Labute approximate surface area is 153 Å². The van der Waals surface area contributed by atoms with Crippen LogP contribution in [0.5, 0.6) is 11.5 Å². The van der Waals surface area contributed by atoms with Crippen molar-refractivity contribution in [1.29, 1.82) is 0 Å². The predicted octanol–water partition coefficient (Wildman–Crippen LogP) is 2.30. The van der Waals surface area contributed by atoms with Crippen LogP contribution in [-0.4, -0.2) is 37.6 Å². The highest BCUT2D eigenvalue weighted by Gasteiger charge is 2.18. The Kier molecular flexibility index (Phi) is 3.92. The van der Waals surface area contributed by atoms with Crippen molar-refractivity contribution in [3.8, 4) is 28.6 Å². The SMILES string of the molecule is COc1ccc(-n2cnc3c(C(N)=O)nc(-c4ccc(O)cc4)nc32)cc1. The van der Waals surface area contributed by atoms with Crippen molar-refractivity contribution in [2.45, 2.75) is 0 Å². The zero-order valence-electron chi connectivity index (χ0n) is 14.3. The smallest absolute Gasteiger partial charge is 0.269 e. The molecule has 0 aliphatic rings. The standard InChI is InChI=1S/C19H15N5O3/c1-27-14-8-4-12(5-9-14)24-10-21-16-15(17(20)26)22-18(23-19(16)24)11-2-6-13(25)7-3-11/h2-10,25H,1H3,(H2,20,26). The molecule has 4 aromatic rings. The van der Waals surface area contributed by atoms with Crippen molar-refractivity contribution < 1.29 is 14.6 Å². The topological polar surface area (TPSA) is 116 Å². The third-order valence-electron chi connectivity index (χ3n) is 4.11. The fraction of sp³-hybridized carbons (Fsp3) is 0.0526. The van der Waals surface area contributed by atoms with Gasteiger partial charge in [-0.3, -0.25) is 9.36 Å². The van der Waals surface area contributed by atoms with E-state index in [1.807, 2.05) is 24.3 Å². The van der Waals surface area contributed by atoms with Gasteiger partial charge in [0.2, 0.25) is 0 Å². The fourth-order valence-corrected chi connectivity index (χ4v) is 2.74. The second-order valence-electron chi connectivity index (χ2n) is 5.79. The molecule has 1 amide bonds. The molecule has 3 N–H and O–H groups in total. The first-order chi connectivity index (χ1) is 13.1. The van der Waals surface area contributed by atoms with Gasteiger partial charge in [0.25, 0.3) is 5.91 Å². The zero-order chi connectivity index (χ0) is 19.0. The number of benzene rings is 2. The number of methoxy groups -OCH3 is 1. The van der Waals surface area contributed by atoms with Crippen LogP contribution in [-0.2, 0) is 0 Å². The van der Waals surface area contributed by atoms with Crippen LogP contribution in [0.25, 0.3) is 28.2 Å². The summed E-state index contributed by atoms with van der Waals surface area (Å²) in [4.78, 5) is 25.0. The van der Waals surface area contributed by atoms with Crippen molar-refractivity contribution in [2.24, 2.45) is 5.73 Å². The summed E-state index contributed by atoms with van der Waals surface area (Å²) in [6.45, 7) is 0. The van der Waals surface area contributed by atoms with E-state index < -0.39 is 5.91 Å². The number of phenolic OH excluding ortho intramolecular Hbond substituents is 1. The number of aromatic nitrogens is 4. The Morgan fingerprint density at radius 3 is 2.41 bits per heavy atom. The first-order valence-electron chi connectivity index (χ1n) is 8.05. The van der Waals surface area contributed by atoms with Crippen LogP contribution in [0.3, 0.4) is 0 Å². The lowest BCUT2D eigenvalue weighted by molar-refractivity contribution is 0.0997. The van der Waals surface area contributed by atoms with Crippen molar-refractivity contribution >= 4 is 17.1 Å². The number of nitrogens with zero attached hydrogens (tertiary/aromatic N) is 4. The number of carbonyl (C=O) groups excluding carboxylic acids is 1. The average molecular weight is 361 g/mol. The quantitative estimate of drug-likeness (QED) is 0.576. The van der Waals surface area contributed by atoms with E-state index in [9.17, 15) is 9.90 Å². The molecule has 0 atom stereocenters. The minimum absolute atomic E-state index is 0.0373. The number of nitrogens with two attached hydrogens (primary N) is 1. The molecule has 0 saturated carbocycles. The lowest BCUT2D eigenvalue weighted by atomic mass is 10.2. The van der Waals surface area contributed by atoms with Crippen LogP contribution in [0.2, 0.25) is 0 Å². The minimum Gasteiger partial charge on any atom is -0.508 e. The summed E-state index contributed by atoms with van der Waals surface area (Å²) in [5, 5.41) is 9.48. The number of amides is 1. The van der Waals surface area contributed by atoms with Gasteiger partial charge >= 0.3 is 0 Å². The Balaban J connectivity index is 1.93. The molecule has 0 fully saturated rings. The highest BCUT2D eigenvalue weighted by Crippen LogP contribution is 2.25.